The lowest BCUT2D eigenvalue weighted by Crippen LogP contribution is -2.46. The number of hydrogen-bond acceptors (Lipinski definition) is 4. The van der Waals surface area contributed by atoms with Gasteiger partial charge in [-0.1, -0.05) is 42.5 Å². The maximum Gasteiger partial charge on any atom is 0.411 e. The standard InChI is InChI=1S/C22H27N3O2/c1-2-27-22(26)23-20-10-12-21(13-11-20)25-17-15-24(16-18-25)14-6-9-19-7-4-3-5-8-19/h3-13H,2,14-18H2,1H3,(H,23,26)/b9-6+. The Hall–Kier alpha value is -2.79. The molecular weight excluding hydrogens is 338 g/mol. The number of benzene rings is 2. The molecule has 1 heterocycles. The molecule has 0 bridgehead atoms. The minimum atomic E-state index is -0.414. The van der Waals surface area contributed by atoms with Gasteiger partial charge in [-0.2, -0.15) is 0 Å². The number of carbonyl (C=O) groups is 1. The van der Waals surface area contributed by atoms with E-state index in [4.69, 9.17) is 4.74 Å². The van der Waals surface area contributed by atoms with E-state index in [2.05, 4.69) is 51.5 Å². The quantitative estimate of drug-likeness (QED) is 0.837. The van der Waals surface area contributed by atoms with Crippen LogP contribution in [0.15, 0.2) is 60.7 Å². The van der Waals surface area contributed by atoms with Gasteiger partial charge in [0.15, 0.2) is 0 Å². The number of nitrogens with zero attached hydrogens (tertiary/aromatic N) is 2. The highest BCUT2D eigenvalue weighted by Gasteiger charge is 2.16. The zero-order chi connectivity index (χ0) is 18.9. The van der Waals surface area contributed by atoms with Crippen LogP contribution in [0, 0.1) is 0 Å². The number of amides is 1. The van der Waals surface area contributed by atoms with Gasteiger partial charge in [-0.05, 0) is 36.8 Å². The summed E-state index contributed by atoms with van der Waals surface area (Å²) in [5, 5.41) is 2.72. The third-order valence-electron chi connectivity index (χ3n) is 4.60. The van der Waals surface area contributed by atoms with Crippen LogP contribution in [0.1, 0.15) is 12.5 Å². The molecule has 1 N–H and O–H groups in total. The molecule has 5 nitrogen and oxygen atoms in total. The number of piperazine rings is 1. The Morgan fingerprint density at radius 2 is 1.74 bits per heavy atom. The smallest absolute Gasteiger partial charge is 0.411 e. The van der Waals surface area contributed by atoms with Gasteiger partial charge in [0, 0.05) is 44.1 Å². The van der Waals surface area contributed by atoms with Crippen molar-refractivity contribution >= 4 is 23.5 Å². The van der Waals surface area contributed by atoms with Crippen LogP contribution in [0.2, 0.25) is 0 Å². The SMILES string of the molecule is CCOC(=O)Nc1ccc(N2CCN(C/C=C/c3ccccc3)CC2)cc1. The lowest BCUT2D eigenvalue weighted by Gasteiger charge is -2.35. The summed E-state index contributed by atoms with van der Waals surface area (Å²) in [6.45, 7) is 7.23. The summed E-state index contributed by atoms with van der Waals surface area (Å²) in [5.41, 5.74) is 3.18. The van der Waals surface area contributed by atoms with Gasteiger partial charge in [-0.25, -0.2) is 4.79 Å². The molecule has 0 unspecified atom stereocenters. The Kier molecular flexibility index (Phi) is 6.88. The first kappa shape index (κ1) is 19.0. The van der Waals surface area contributed by atoms with E-state index in [0.29, 0.717) is 6.61 Å². The fraction of sp³-hybridized carbons (Fsp3) is 0.318. The molecule has 1 aliphatic heterocycles. The van der Waals surface area contributed by atoms with Gasteiger partial charge < -0.3 is 9.64 Å². The molecule has 0 aromatic heterocycles. The van der Waals surface area contributed by atoms with Crippen molar-refractivity contribution < 1.29 is 9.53 Å². The largest absolute Gasteiger partial charge is 0.450 e. The third kappa shape index (κ3) is 5.86. The molecule has 3 rings (SSSR count). The maximum atomic E-state index is 11.5. The van der Waals surface area contributed by atoms with Crippen molar-refractivity contribution in [3.63, 3.8) is 0 Å². The first-order valence-electron chi connectivity index (χ1n) is 9.47. The van der Waals surface area contributed by atoms with Gasteiger partial charge >= 0.3 is 6.09 Å². The number of hydrogen-bond donors (Lipinski definition) is 1. The summed E-state index contributed by atoms with van der Waals surface area (Å²) in [7, 11) is 0. The monoisotopic (exact) mass is 365 g/mol. The first-order valence-corrected chi connectivity index (χ1v) is 9.47. The summed E-state index contributed by atoms with van der Waals surface area (Å²) in [5.74, 6) is 0. The fourth-order valence-corrected chi connectivity index (χ4v) is 3.13. The van der Waals surface area contributed by atoms with Crippen molar-refractivity contribution in [1.82, 2.24) is 4.90 Å². The molecule has 1 aliphatic rings. The van der Waals surface area contributed by atoms with Crippen LogP contribution in [0.3, 0.4) is 0 Å². The molecule has 5 heteroatoms. The van der Waals surface area contributed by atoms with Gasteiger partial charge in [0.25, 0.3) is 0 Å². The third-order valence-corrected chi connectivity index (χ3v) is 4.60. The van der Waals surface area contributed by atoms with E-state index < -0.39 is 6.09 Å². The second-order valence-corrected chi connectivity index (χ2v) is 6.49. The van der Waals surface area contributed by atoms with Crippen LogP contribution in [0.4, 0.5) is 16.2 Å². The van der Waals surface area contributed by atoms with Crippen LogP contribution >= 0.6 is 0 Å². The second-order valence-electron chi connectivity index (χ2n) is 6.49. The molecule has 0 atom stereocenters. The van der Waals surface area contributed by atoms with Crippen LogP contribution in [0.5, 0.6) is 0 Å². The number of ether oxygens (including phenoxy) is 1. The van der Waals surface area contributed by atoms with Crippen LogP contribution in [-0.4, -0.2) is 50.3 Å². The lowest BCUT2D eigenvalue weighted by atomic mass is 10.2. The maximum absolute atomic E-state index is 11.5. The number of rotatable bonds is 6. The van der Waals surface area contributed by atoms with Crippen molar-refractivity contribution in [2.24, 2.45) is 0 Å². The molecule has 142 valence electrons. The van der Waals surface area contributed by atoms with E-state index in [1.54, 1.807) is 6.92 Å². The predicted octanol–water partition coefficient (Wildman–Crippen LogP) is 4.09. The Balaban J connectivity index is 1.44. The summed E-state index contributed by atoms with van der Waals surface area (Å²) in [4.78, 5) is 16.3. The number of carbonyl (C=O) groups excluding carboxylic acids is 1. The molecule has 1 fully saturated rings. The van der Waals surface area contributed by atoms with Gasteiger partial charge in [0.2, 0.25) is 0 Å². The van der Waals surface area contributed by atoms with Crippen molar-refractivity contribution in [3.05, 3.63) is 66.2 Å². The molecule has 0 saturated carbocycles. The van der Waals surface area contributed by atoms with E-state index in [-0.39, 0.29) is 0 Å². The minimum absolute atomic E-state index is 0.370. The summed E-state index contributed by atoms with van der Waals surface area (Å²) >= 11 is 0. The Labute approximate surface area is 161 Å². The summed E-state index contributed by atoms with van der Waals surface area (Å²) < 4.78 is 4.89. The van der Waals surface area contributed by atoms with E-state index in [1.165, 1.54) is 11.3 Å². The second kappa shape index (κ2) is 9.78. The van der Waals surface area contributed by atoms with Crippen LogP contribution in [-0.2, 0) is 4.74 Å². The molecule has 1 amide bonds. The van der Waals surface area contributed by atoms with E-state index in [1.807, 2.05) is 30.3 Å². The average molecular weight is 365 g/mol. The van der Waals surface area contributed by atoms with Crippen LogP contribution in [0.25, 0.3) is 6.08 Å². The van der Waals surface area contributed by atoms with E-state index in [0.717, 1.165) is 38.4 Å². The van der Waals surface area contributed by atoms with Crippen molar-refractivity contribution in [1.29, 1.82) is 0 Å². The van der Waals surface area contributed by atoms with Crippen molar-refractivity contribution in [3.8, 4) is 0 Å². The highest BCUT2D eigenvalue weighted by Crippen LogP contribution is 2.19. The van der Waals surface area contributed by atoms with Gasteiger partial charge in [0.05, 0.1) is 6.61 Å². The highest BCUT2D eigenvalue weighted by atomic mass is 16.5. The van der Waals surface area contributed by atoms with E-state index >= 15 is 0 Å². The number of nitrogens with one attached hydrogen (secondary N) is 1. The molecular formula is C22H27N3O2. The minimum Gasteiger partial charge on any atom is -0.450 e. The summed E-state index contributed by atoms with van der Waals surface area (Å²) in [6, 6.07) is 18.3. The molecule has 0 spiro atoms. The Bertz CT molecular complexity index is 736. The molecule has 2 aromatic rings. The average Bonchev–Trinajstić information content (AvgIpc) is 2.70. The van der Waals surface area contributed by atoms with Gasteiger partial charge in [0.1, 0.15) is 0 Å². The molecule has 2 aromatic carbocycles. The molecule has 27 heavy (non-hydrogen) atoms. The predicted molar refractivity (Wildman–Crippen MR) is 111 cm³/mol. The zero-order valence-electron chi connectivity index (χ0n) is 15.8. The van der Waals surface area contributed by atoms with Crippen molar-refractivity contribution in [2.75, 3.05) is 49.5 Å². The van der Waals surface area contributed by atoms with Crippen LogP contribution < -0.4 is 10.2 Å². The molecule has 0 aliphatic carbocycles. The molecule has 1 saturated heterocycles. The zero-order valence-corrected chi connectivity index (χ0v) is 15.8. The van der Waals surface area contributed by atoms with Gasteiger partial charge in [-0.15, -0.1) is 0 Å². The lowest BCUT2D eigenvalue weighted by molar-refractivity contribution is 0.168. The normalized spacial score (nSPS) is 15.1. The fourth-order valence-electron chi connectivity index (χ4n) is 3.13. The Morgan fingerprint density at radius 1 is 1.04 bits per heavy atom. The van der Waals surface area contributed by atoms with Gasteiger partial charge in [-0.3, -0.25) is 10.2 Å². The topological polar surface area (TPSA) is 44.8 Å². The Morgan fingerprint density at radius 3 is 2.41 bits per heavy atom. The molecule has 0 radical (unpaired) electrons. The summed E-state index contributed by atoms with van der Waals surface area (Å²) in [6.07, 6.45) is 4.00. The number of anilines is 2. The highest BCUT2D eigenvalue weighted by molar-refractivity contribution is 5.84. The van der Waals surface area contributed by atoms with Crippen molar-refractivity contribution in [2.45, 2.75) is 6.92 Å². The van der Waals surface area contributed by atoms with E-state index in [9.17, 15) is 4.79 Å². The first-order chi connectivity index (χ1) is 13.2.